The lowest BCUT2D eigenvalue weighted by molar-refractivity contribution is 0.672. The van der Waals surface area contributed by atoms with Gasteiger partial charge in [0, 0.05) is 49.4 Å². The molecule has 0 N–H and O–H groups in total. The summed E-state index contributed by atoms with van der Waals surface area (Å²) in [5.74, 6) is 0. The van der Waals surface area contributed by atoms with E-state index < -0.39 is 0 Å². The summed E-state index contributed by atoms with van der Waals surface area (Å²) in [5.41, 5.74) is 9.32. The summed E-state index contributed by atoms with van der Waals surface area (Å²) in [7, 11) is 0. The Morgan fingerprint density at radius 3 is 1.25 bits per heavy atom. The van der Waals surface area contributed by atoms with E-state index in [-0.39, 0.29) is 0 Å². The molecule has 256 valence electrons. The molecule has 2 aromatic heterocycles. The van der Waals surface area contributed by atoms with Crippen molar-refractivity contribution in [3.8, 4) is 11.1 Å². The second kappa shape index (κ2) is 11.6. The van der Waals surface area contributed by atoms with Gasteiger partial charge in [0.15, 0.2) is 0 Å². The number of para-hydroxylation sites is 2. The fraction of sp³-hybridized carbons (Fsp3) is 0. The van der Waals surface area contributed by atoms with E-state index in [0.29, 0.717) is 0 Å². The first-order valence-electron chi connectivity index (χ1n) is 18.7. The number of hydrogen-bond acceptors (Lipinski definition) is 3. The van der Waals surface area contributed by atoms with Gasteiger partial charge in [-0.1, -0.05) is 127 Å². The molecule has 0 radical (unpaired) electrons. The lowest BCUT2D eigenvalue weighted by Gasteiger charge is -2.26. The van der Waals surface area contributed by atoms with Crippen molar-refractivity contribution in [2.45, 2.75) is 0 Å². The summed E-state index contributed by atoms with van der Waals surface area (Å²) >= 11 is 0. The smallest absolute Gasteiger partial charge is 0.143 e. The molecule has 2 heterocycles. The van der Waals surface area contributed by atoms with Crippen LogP contribution < -0.4 is 4.90 Å². The van der Waals surface area contributed by atoms with Crippen molar-refractivity contribution in [2.75, 3.05) is 4.90 Å². The highest BCUT2D eigenvalue weighted by Crippen LogP contribution is 2.43. The van der Waals surface area contributed by atoms with Crippen LogP contribution in [0.4, 0.5) is 17.1 Å². The average molecular weight is 702 g/mol. The van der Waals surface area contributed by atoms with Crippen LogP contribution in [0.3, 0.4) is 0 Å². The standard InChI is InChI=1S/C52H31NO2/c1-2-8-32(9-3-1)33-18-22-38(23-19-33)53(39-24-28-41-36(30-39)16-14-34-20-26-45-43-10-4-6-12-47(43)54-51(45)49(34)41)40-25-29-42-37(31-40)17-15-35-21-27-46-44-11-5-7-13-48(44)55-52(46)50(35)42/h1-31H. The maximum absolute atomic E-state index is 6.54. The summed E-state index contributed by atoms with van der Waals surface area (Å²) < 4.78 is 13.1. The summed E-state index contributed by atoms with van der Waals surface area (Å²) in [4.78, 5) is 2.37. The highest BCUT2D eigenvalue weighted by Gasteiger charge is 2.18. The average Bonchev–Trinajstić information content (AvgIpc) is 3.83. The normalized spacial score (nSPS) is 12.0. The van der Waals surface area contributed by atoms with E-state index in [1.54, 1.807) is 0 Å². The van der Waals surface area contributed by atoms with Gasteiger partial charge in [-0.15, -0.1) is 0 Å². The second-order valence-corrected chi connectivity index (χ2v) is 14.5. The van der Waals surface area contributed by atoms with E-state index in [4.69, 9.17) is 8.83 Å². The van der Waals surface area contributed by atoms with Crippen LogP contribution in [0.2, 0.25) is 0 Å². The third kappa shape index (κ3) is 4.57. The summed E-state index contributed by atoms with van der Waals surface area (Å²) in [6.45, 7) is 0. The maximum atomic E-state index is 6.54. The molecule has 12 rings (SSSR count). The molecule has 12 aromatic rings. The number of benzene rings is 10. The minimum Gasteiger partial charge on any atom is -0.455 e. The molecule has 0 saturated carbocycles. The molecule has 0 aliphatic rings. The van der Waals surface area contributed by atoms with Crippen molar-refractivity contribution in [2.24, 2.45) is 0 Å². The molecule has 55 heavy (non-hydrogen) atoms. The molecule has 0 aliphatic heterocycles. The number of rotatable bonds is 4. The Labute approximate surface area is 315 Å². The monoisotopic (exact) mass is 701 g/mol. The van der Waals surface area contributed by atoms with Gasteiger partial charge in [0.1, 0.15) is 22.3 Å². The van der Waals surface area contributed by atoms with Crippen molar-refractivity contribution in [1.29, 1.82) is 0 Å². The van der Waals surface area contributed by atoms with E-state index in [9.17, 15) is 0 Å². The van der Waals surface area contributed by atoms with E-state index in [2.05, 4.69) is 181 Å². The van der Waals surface area contributed by atoms with Gasteiger partial charge in [-0.05, 0) is 104 Å². The zero-order chi connectivity index (χ0) is 36.0. The zero-order valence-electron chi connectivity index (χ0n) is 29.7. The second-order valence-electron chi connectivity index (χ2n) is 14.5. The molecular formula is C52H31NO2. The van der Waals surface area contributed by atoms with E-state index in [0.717, 1.165) is 82.5 Å². The molecule has 10 aromatic carbocycles. The molecular weight excluding hydrogens is 671 g/mol. The largest absolute Gasteiger partial charge is 0.455 e. The Kier molecular flexibility index (Phi) is 6.34. The van der Waals surface area contributed by atoms with Gasteiger partial charge in [0.05, 0.1) is 0 Å². The molecule has 0 spiro atoms. The number of furan rings is 2. The van der Waals surface area contributed by atoms with Crippen LogP contribution in [0.1, 0.15) is 0 Å². The molecule has 3 heteroatoms. The SMILES string of the molecule is c1ccc(-c2ccc(N(c3ccc4c(ccc5ccc6c7ccccc7oc6c54)c3)c3ccc4c(ccc5ccc6c7ccccc7oc6c54)c3)cc2)cc1. The van der Waals surface area contributed by atoms with Gasteiger partial charge in [-0.3, -0.25) is 0 Å². The minimum atomic E-state index is 0.911. The Hall–Kier alpha value is -7.36. The lowest BCUT2D eigenvalue weighted by atomic mass is 9.97. The Balaban J connectivity index is 1.06. The molecule has 0 atom stereocenters. The van der Waals surface area contributed by atoms with Crippen molar-refractivity contribution < 1.29 is 8.83 Å². The highest BCUT2D eigenvalue weighted by atomic mass is 16.3. The predicted molar refractivity (Wildman–Crippen MR) is 231 cm³/mol. The molecule has 0 fully saturated rings. The van der Waals surface area contributed by atoms with Crippen LogP contribution in [0.5, 0.6) is 0 Å². The van der Waals surface area contributed by atoms with Gasteiger partial charge in [0.25, 0.3) is 0 Å². The molecule has 0 saturated heterocycles. The van der Waals surface area contributed by atoms with Crippen LogP contribution in [0.25, 0.3) is 98.1 Å². The van der Waals surface area contributed by atoms with Gasteiger partial charge in [0.2, 0.25) is 0 Å². The van der Waals surface area contributed by atoms with Gasteiger partial charge in [-0.2, -0.15) is 0 Å². The van der Waals surface area contributed by atoms with Crippen LogP contribution in [0.15, 0.2) is 197 Å². The summed E-state index contributed by atoms with van der Waals surface area (Å²) in [6.07, 6.45) is 0. The van der Waals surface area contributed by atoms with Crippen molar-refractivity contribution in [3.63, 3.8) is 0 Å². The topological polar surface area (TPSA) is 29.5 Å². The third-order valence-electron chi connectivity index (χ3n) is 11.4. The van der Waals surface area contributed by atoms with E-state index in [1.807, 2.05) is 12.1 Å². The molecule has 0 unspecified atom stereocenters. The maximum Gasteiger partial charge on any atom is 0.143 e. The minimum absolute atomic E-state index is 0.911. The van der Waals surface area contributed by atoms with Gasteiger partial charge >= 0.3 is 0 Å². The van der Waals surface area contributed by atoms with Crippen LogP contribution >= 0.6 is 0 Å². The first-order chi connectivity index (χ1) is 27.2. The number of hydrogen-bond donors (Lipinski definition) is 0. The molecule has 0 amide bonds. The highest BCUT2D eigenvalue weighted by molar-refractivity contribution is 6.24. The first kappa shape index (κ1) is 30.1. The predicted octanol–water partition coefficient (Wildman–Crippen LogP) is 15.2. The Morgan fingerprint density at radius 1 is 0.291 bits per heavy atom. The Bertz CT molecular complexity index is 3290. The van der Waals surface area contributed by atoms with Crippen LogP contribution in [-0.2, 0) is 0 Å². The van der Waals surface area contributed by atoms with E-state index in [1.165, 1.54) is 32.7 Å². The number of anilines is 3. The lowest BCUT2D eigenvalue weighted by Crippen LogP contribution is -2.10. The Morgan fingerprint density at radius 2 is 0.709 bits per heavy atom. The van der Waals surface area contributed by atoms with E-state index >= 15 is 0 Å². The summed E-state index contributed by atoms with van der Waals surface area (Å²) in [6, 6.07) is 67.4. The van der Waals surface area contributed by atoms with Crippen molar-refractivity contribution >= 4 is 104 Å². The molecule has 0 aliphatic carbocycles. The van der Waals surface area contributed by atoms with Gasteiger partial charge < -0.3 is 13.7 Å². The first-order valence-corrected chi connectivity index (χ1v) is 18.7. The number of fused-ring (bicyclic) bond motifs is 14. The van der Waals surface area contributed by atoms with Crippen LogP contribution in [0, 0.1) is 0 Å². The quantitative estimate of drug-likeness (QED) is 0.171. The number of nitrogens with zero attached hydrogens (tertiary/aromatic N) is 1. The third-order valence-corrected chi connectivity index (χ3v) is 11.4. The zero-order valence-corrected chi connectivity index (χ0v) is 29.7. The van der Waals surface area contributed by atoms with Crippen molar-refractivity contribution in [1.82, 2.24) is 0 Å². The van der Waals surface area contributed by atoms with Crippen molar-refractivity contribution in [3.05, 3.63) is 188 Å². The summed E-state index contributed by atoms with van der Waals surface area (Å²) in [5, 5.41) is 13.8. The molecule has 3 nitrogen and oxygen atoms in total. The van der Waals surface area contributed by atoms with Gasteiger partial charge in [-0.25, -0.2) is 0 Å². The fourth-order valence-electron chi connectivity index (χ4n) is 8.79. The fourth-order valence-corrected chi connectivity index (χ4v) is 8.79. The van der Waals surface area contributed by atoms with Crippen LogP contribution in [-0.4, -0.2) is 0 Å². The molecule has 0 bridgehead atoms.